The van der Waals surface area contributed by atoms with Crippen molar-refractivity contribution >= 4 is 24.6 Å². The number of fused-ring (bicyclic) bond motifs is 1. The number of aliphatic hydroxyl groups excluding tert-OH is 2. The molecule has 0 aromatic carbocycles. The quantitative estimate of drug-likeness (QED) is 0.371. The zero-order chi connectivity index (χ0) is 19.9. The predicted octanol–water partition coefficient (Wildman–Crippen LogP) is -0.438. The lowest BCUT2D eigenvalue weighted by Crippen LogP contribution is -2.33. The third kappa shape index (κ3) is 3.90. The molecule has 1 saturated heterocycles. The molecule has 0 radical (unpaired) electrons. The van der Waals surface area contributed by atoms with Gasteiger partial charge in [0.15, 0.2) is 23.2 Å². The second-order valence-electron chi connectivity index (χ2n) is 7.03. The molecule has 28 heavy (non-hydrogen) atoms. The fraction of sp³-hybridized carbons (Fsp3) is 0.667. The van der Waals surface area contributed by atoms with Crippen LogP contribution in [-0.4, -0.2) is 76.8 Å². The number of nitrogens with zero attached hydrogens (tertiary/aromatic N) is 4. The highest BCUT2D eigenvalue weighted by molar-refractivity contribution is 7.51. The van der Waals surface area contributed by atoms with Crippen LogP contribution < -0.4 is 5.32 Å². The molecular formula is C15H22N5O7P. The smallest absolute Gasteiger partial charge is 0.350 e. The number of hydrogen-bond donors (Lipinski definition) is 5. The molecule has 154 valence electrons. The van der Waals surface area contributed by atoms with Gasteiger partial charge in [0.05, 0.1) is 12.9 Å². The van der Waals surface area contributed by atoms with Crippen molar-refractivity contribution in [2.45, 2.75) is 49.8 Å². The highest BCUT2D eigenvalue weighted by Gasteiger charge is 2.44. The van der Waals surface area contributed by atoms with E-state index in [2.05, 4.69) is 20.3 Å². The lowest BCUT2D eigenvalue weighted by molar-refractivity contribution is -0.0612. The van der Waals surface area contributed by atoms with E-state index in [0.717, 1.165) is 12.8 Å². The standard InChI is InChI=1S/C15H22N5O7P/c21-11-9(4-26-7-28(23,24)25)27-15(12(11)22)20-6-18-10-13(16-5-17-14(10)20)19-8-2-1-3-8/h5-6,8-9,11-12,15,21-22H,1-4,7H2,(H,16,17,19)(H2,23,24,25)/t9-,11-,12-,15-/m1/s1. The minimum Gasteiger partial charge on any atom is -0.387 e. The molecule has 3 heterocycles. The fourth-order valence-corrected chi connectivity index (χ4v) is 3.62. The maximum atomic E-state index is 10.9. The first-order chi connectivity index (χ1) is 13.3. The number of imidazole rings is 1. The minimum absolute atomic E-state index is 0.282. The Kier molecular flexibility index (Phi) is 5.36. The van der Waals surface area contributed by atoms with Crippen molar-refractivity contribution in [2.75, 3.05) is 18.3 Å². The molecule has 5 N–H and O–H groups in total. The van der Waals surface area contributed by atoms with Crippen LogP contribution in [0.1, 0.15) is 25.5 Å². The van der Waals surface area contributed by atoms with Gasteiger partial charge in [-0.05, 0) is 19.3 Å². The lowest BCUT2D eigenvalue weighted by atomic mass is 9.93. The zero-order valence-electron chi connectivity index (χ0n) is 14.8. The Bertz CT molecular complexity index is 885. The van der Waals surface area contributed by atoms with E-state index in [4.69, 9.17) is 19.3 Å². The Labute approximate surface area is 159 Å². The summed E-state index contributed by atoms with van der Waals surface area (Å²) in [5.41, 5.74) is 0.964. The van der Waals surface area contributed by atoms with Crippen LogP contribution in [0.25, 0.3) is 11.2 Å². The molecule has 2 aromatic heterocycles. The molecule has 0 unspecified atom stereocenters. The van der Waals surface area contributed by atoms with Crippen LogP contribution >= 0.6 is 7.60 Å². The van der Waals surface area contributed by atoms with Gasteiger partial charge in [-0.15, -0.1) is 0 Å². The summed E-state index contributed by atoms with van der Waals surface area (Å²) in [5, 5.41) is 23.9. The average Bonchev–Trinajstić information content (AvgIpc) is 3.14. The summed E-state index contributed by atoms with van der Waals surface area (Å²) in [6, 6.07) is 0.356. The van der Waals surface area contributed by atoms with Gasteiger partial charge in [-0.2, -0.15) is 0 Å². The highest BCUT2D eigenvalue weighted by Crippen LogP contribution is 2.36. The molecule has 4 atom stereocenters. The molecular weight excluding hydrogens is 393 g/mol. The molecule has 2 aromatic rings. The third-order valence-electron chi connectivity index (χ3n) is 4.96. The van der Waals surface area contributed by atoms with Gasteiger partial charge in [0.25, 0.3) is 0 Å². The van der Waals surface area contributed by atoms with Gasteiger partial charge in [-0.25, -0.2) is 15.0 Å². The monoisotopic (exact) mass is 415 g/mol. The fourth-order valence-electron chi connectivity index (χ4n) is 3.27. The lowest BCUT2D eigenvalue weighted by Gasteiger charge is -2.26. The Hall–Kier alpha value is -1.66. The minimum atomic E-state index is -4.33. The Balaban J connectivity index is 1.51. The van der Waals surface area contributed by atoms with Crippen molar-refractivity contribution in [1.82, 2.24) is 19.5 Å². The first kappa shape index (κ1) is 19.6. The Morgan fingerprint density at radius 1 is 1.25 bits per heavy atom. The van der Waals surface area contributed by atoms with E-state index < -0.39 is 38.5 Å². The average molecular weight is 415 g/mol. The topological polar surface area (TPSA) is 172 Å². The molecule has 1 aliphatic carbocycles. The van der Waals surface area contributed by atoms with E-state index in [9.17, 15) is 14.8 Å². The summed E-state index contributed by atoms with van der Waals surface area (Å²) < 4.78 is 23.0. The SMILES string of the molecule is O=P(O)(O)COC[C@H]1O[C@@H](n2cnc3c(NC4CCC4)ncnc32)[C@H](O)[C@@H]1O. The van der Waals surface area contributed by atoms with Gasteiger partial charge in [0.2, 0.25) is 0 Å². The van der Waals surface area contributed by atoms with Gasteiger partial charge in [-0.3, -0.25) is 9.13 Å². The molecule has 13 heteroatoms. The molecule has 2 aliphatic rings. The van der Waals surface area contributed by atoms with E-state index >= 15 is 0 Å². The number of aromatic nitrogens is 4. The molecule has 4 rings (SSSR count). The number of rotatable bonds is 7. The Morgan fingerprint density at radius 3 is 2.71 bits per heavy atom. The van der Waals surface area contributed by atoms with Crippen LogP contribution in [0.5, 0.6) is 0 Å². The highest BCUT2D eigenvalue weighted by atomic mass is 31.2. The molecule has 0 bridgehead atoms. The van der Waals surface area contributed by atoms with Crippen LogP contribution in [0, 0.1) is 0 Å². The third-order valence-corrected chi connectivity index (χ3v) is 5.48. The number of nitrogens with one attached hydrogen (secondary N) is 1. The zero-order valence-corrected chi connectivity index (χ0v) is 15.7. The van der Waals surface area contributed by atoms with Crippen molar-refractivity contribution in [3.05, 3.63) is 12.7 Å². The van der Waals surface area contributed by atoms with Crippen molar-refractivity contribution in [3.63, 3.8) is 0 Å². The largest absolute Gasteiger partial charge is 0.387 e. The molecule has 0 spiro atoms. The van der Waals surface area contributed by atoms with Crippen LogP contribution in [-0.2, 0) is 14.0 Å². The number of ether oxygens (including phenoxy) is 2. The first-order valence-electron chi connectivity index (χ1n) is 8.91. The normalized spacial score (nSPS) is 28.6. The van der Waals surface area contributed by atoms with E-state index in [1.54, 1.807) is 0 Å². The van der Waals surface area contributed by atoms with Gasteiger partial charge in [0.1, 0.15) is 31.0 Å². The summed E-state index contributed by atoms with van der Waals surface area (Å²) in [6.45, 7) is -0.282. The molecule has 12 nitrogen and oxygen atoms in total. The number of hydrogen-bond acceptors (Lipinski definition) is 9. The summed E-state index contributed by atoms with van der Waals surface area (Å²) >= 11 is 0. The molecule has 0 amide bonds. The second kappa shape index (κ2) is 7.64. The van der Waals surface area contributed by atoms with Crippen LogP contribution in [0.15, 0.2) is 12.7 Å². The second-order valence-corrected chi connectivity index (χ2v) is 8.62. The van der Waals surface area contributed by atoms with E-state index in [1.165, 1.54) is 23.6 Å². The van der Waals surface area contributed by atoms with Gasteiger partial charge < -0.3 is 34.8 Å². The van der Waals surface area contributed by atoms with Crippen molar-refractivity contribution in [3.8, 4) is 0 Å². The van der Waals surface area contributed by atoms with Crippen molar-refractivity contribution < 1.29 is 34.0 Å². The van der Waals surface area contributed by atoms with Crippen LogP contribution in [0.3, 0.4) is 0 Å². The Morgan fingerprint density at radius 2 is 2.04 bits per heavy atom. The predicted molar refractivity (Wildman–Crippen MR) is 95.4 cm³/mol. The maximum absolute atomic E-state index is 10.9. The molecule has 1 aliphatic heterocycles. The molecule has 1 saturated carbocycles. The van der Waals surface area contributed by atoms with Gasteiger partial charge in [0, 0.05) is 6.04 Å². The maximum Gasteiger partial charge on any atom is 0.350 e. The summed E-state index contributed by atoms with van der Waals surface area (Å²) in [7, 11) is -4.33. The first-order valence-corrected chi connectivity index (χ1v) is 10.7. The van der Waals surface area contributed by atoms with Gasteiger partial charge >= 0.3 is 7.60 Å². The summed E-state index contributed by atoms with van der Waals surface area (Å²) in [5.74, 6) is 0.600. The van der Waals surface area contributed by atoms with Gasteiger partial charge in [-0.1, -0.05) is 0 Å². The van der Waals surface area contributed by atoms with E-state index in [1.807, 2.05) is 0 Å². The van der Waals surface area contributed by atoms with Crippen molar-refractivity contribution in [1.29, 1.82) is 0 Å². The van der Waals surface area contributed by atoms with Crippen molar-refractivity contribution in [2.24, 2.45) is 0 Å². The molecule has 2 fully saturated rings. The summed E-state index contributed by atoms with van der Waals surface area (Å²) in [4.78, 5) is 30.5. The van der Waals surface area contributed by atoms with E-state index in [0.29, 0.717) is 23.0 Å². The van der Waals surface area contributed by atoms with Crippen LogP contribution in [0.2, 0.25) is 0 Å². The number of aliphatic hydroxyl groups is 2. The van der Waals surface area contributed by atoms with Crippen LogP contribution in [0.4, 0.5) is 5.82 Å². The number of anilines is 1. The van der Waals surface area contributed by atoms with E-state index in [-0.39, 0.29) is 6.61 Å². The summed E-state index contributed by atoms with van der Waals surface area (Å²) in [6.07, 6.45) is 0.827.